The van der Waals surface area contributed by atoms with Crippen LogP contribution in [0.5, 0.6) is 0 Å². The SMILES string of the molecule is C=C1[C@@H](CC=O)C[C@H](C)C[C@@H]1O[Si](C(C)C)(C(C)C)C(C)C. The maximum atomic E-state index is 11.0. The number of hydrogen-bond acceptors (Lipinski definition) is 2. The molecule has 0 radical (unpaired) electrons. The van der Waals surface area contributed by atoms with Crippen LogP contribution in [-0.2, 0) is 9.22 Å². The summed E-state index contributed by atoms with van der Waals surface area (Å²) in [7, 11) is -1.89. The number of carbonyl (C=O) groups excluding carboxylic acids is 1. The Hall–Kier alpha value is -0.413. The first-order valence-electron chi connectivity index (χ1n) is 8.96. The van der Waals surface area contributed by atoms with E-state index in [2.05, 4.69) is 55.0 Å². The van der Waals surface area contributed by atoms with Crippen LogP contribution in [0, 0.1) is 11.8 Å². The van der Waals surface area contributed by atoms with E-state index in [1.54, 1.807) is 0 Å². The number of rotatable bonds is 7. The van der Waals surface area contributed by atoms with Gasteiger partial charge >= 0.3 is 0 Å². The molecule has 0 aromatic rings. The monoisotopic (exact) mass is 324 g/mol. The molecule has 0 aliphatic heterocycles. The zero-order chi connectivity index (χ0) is 17.1. The first-order chi connectivity index (χ1) is 10.2. The van der Waals surface area contributed by atoms with E-state index in [9.17, 15) is 4.79 Å². The van der Waals surface area contributed by atoms with E-state index in [1.807, 2.05) is 0 Å². The average molecular weight is 325 g/mol. The van der Waals surface area contributed by atoms with Crippen molar-refractivity contribution in [3.8, 4) is 0 Å². The Labute approximate surface area is 138 Å². The Kier molecular flexibility index (Phi) is 7.06. The maximum absolute atomic E-state index is 11.0. The molecule has 0 unspecified atom stereocenters. The molecule has 1 aliphatic rings. The van der Waals surface area contributed by atoms with Crippen molar-refractivity contribution in [3.05, 3.63) is 12.2 Å². The second kappa shape index (κ2) is 7.92. The van der Waals surface area contributed by atoms with Gasteiger partial charge in [-0.25, -0.2) is 0 Å². The van der Waals surface area contributed by atoms with Gasteiger partial charge < -0.3 is 9.22 Å². The number of aldehydes is 1. The summed E-state index contributed by atoms with van der Waals surface area (Å²) in [6.45, 7) is 20.6. The smallest absolute Gasteiger partial charge is 0.201 e. The van der Waals surface area contributed by atoms with Crippen LogP contribution in [0.3, 0.4) is 0 Å². The minimum Gasteiger partial charge on any atom is -0.409 e. The van der Waals surface area contributed by atoms with Gasteiger partial charge in [0, 0.05) is 6.42 Å². The molecule has 3 heteroatoms. The average Bonchev–Trinajstić information content (AvgIpc) is 2.39. The van der Waals surface area contributed by atoms with E-state index in [0.717, 1.165) is 19.1 Å². The molecule has 0 saturated heterocycles. The van der Waals surface area contributed by atoms with Gasteiger partial charge in [0.15, 0.2) is 0 Å². The summed E-state index contributed by atoms with van der Waals surface area (Å²) in [6, 6.07) is 0. The van der Waals surface area contributed by atoms with Gasteiger partial charge in [-0.3, -0.25) is 0 Å². The molecular weight excluding hydrogens is 288 g/mol. The van der Waals surface area contributed by atoms with Gasteiger partial charge in [0.1, 0.15) is 6.29 Å². The highest BCUT2D eigenvalue weighted by atomic mass is 28.4. The van der Waals surface area contributed by atoms with Crippen molar-refractivity contribution in [2.45, 2.75) is 90.5 Å². The molecule has 1 saturated carbocycles. The van der Waals surface area contributed by atoms with Crippen LogP contribution in [0.2, 0.25) is 16.6 Å². The Morgan fingerprint density at radius 3 is 2.05 bits per heavy atom. The van der Waals surface area contributed by atoms with E-state index in [1.165, 1.54) is 5.57 Å². The van der Waals surface area contributed by atoms with Gasteiger partial charge in [-0.2, -0.15) is 0 Å². The quantitative estimate of drug-likeness (QED) is 0.339. The van der Waals surface area contributed by atoms with Crippen LogP contribution in [0.4, 0.5) is 0 Å². The molecule has 0 aromatic heterocycles. The third-order valence-corrected chi connectivity index (χ3v) is 11.8. The molecule has 0 bridgehead atoms. The topological polar surface area (TPSA) is 26.3 Å². The van der Waals surface area contributed by atoms with E-state index in [-0.39, 0.29) is 6.10 Å². The molecule has 1 rings (SSSR count). The van der Waals surface area contributed by atoms with E-state index < -0.39 is 8.32 Å². The van der Waals surface area contributed by atoms with Crippen LogP contribution in [0.25, 0.3) is 0 Å². The van der Waals surface area contributed by atoms with Crippen molar-refractivity contribution in [1.82, 2.24) is 0 Å². The lowest BCUT2D eigenvalue weighted by Gasteiger charge is -2.47. The van der Waals surface area contributed by atoms with Crippen molar-refractivity contribution < 1.29 is 9.22 Å². The van der Waals surface area contributed by atoms with Crippen molar-refractivity contribution in [2.24, 2.45) is 11.8 Å². The fraction of sp³-hybridized carbons (Fsp3) is 0.842. The summed E-state index contributed by atoms with van der Waals surface area (Å²) in [4.78, 5) is 11.0. The van der Waals surface area contributed by atoms with Crippen molar-refractivity contribution in [1.29, 1.82) is 0 Å². The summed E-state index contributed by atoms with van der Waals surface area (Å²) in [5.74, 6) is 0.920. The number of carbonyl (C=O) groups is 1. The molecule has 0 heterocycles. The highest BCUT2D eigenvalue weighted by Crippen LogP contribution is 2.46. The van der Waals surface area contributed by atoms with Crippen molar-refractivity contribution in [2.75, 3.05) is 0 Å². The zero-order valence-electron chi connectivity index (χ0n) is 15.7. The molecule has 0 spiro atoms. The lowest BCUT2D eigenvalue weighted by Crippen LogP contribution is -2.51. The van der Waals surface area contributed by atoms with Crippen LogP contribution in [0.1, 0.15) is 67.7 Å². The third kappa shape index (κ3) is 3.91. The maximum Gasteiger partial charge on any atom is 0.201 e. The predicted molar refractivity (Wildman–Crippen MR) is 97.6 cm³/mol. The van der Waals surface area contributed by atoms with Crippen molar-refractivity contribution in [3.63, 3.8) is 0 Å². The highest BCUT2D eigenvalue weighted by molar-refractivity contribution is 6.77. The second-order valence-electron chi connectivity index (χ2n) is 8.17. The largest absolute Gasteiger partial charge is 0.409 e. The first-order valence-corrected chi connectivity index (χ1v) is 11.1. The number of hydrogen-bond donors (Lipinski definition) is 0. The Balaban J connectivity index is 3.05. The molecule has 2 nitrogen and oxygen atoms in total. The fourth-order valence-corrected chi connectivity index (χ4v) is 10.2. The van der Waals surface area contributed by atoms with E-state index in [0.29, 0.717) is 34.9 Å². The Bertz CT molecular complexity index is 365. The lowest BCUT2D eigenvalue weighted by molar-refractivity contribution is -0.108. The summed E-state index contributed by atoms with van der Waals surface area (Å²) >= 11 is 0. The molecular formula is C19H36O2Si. The van der Waals surface area contributed by atoms with E-state index >= 15 is 0 Å². The first kappa shape index (κ1) is 19.6. The molecule has 22 heavy (non-hydrogen) atoms. The standard InChI is InChI=1S/C19H36O2Si/c1-13(2)22(14(3)4,15(5)6)21-19-12-16(7)11-18(9-10-20)17(19)8/h10,13-16,18-19H,8-9,11-12H2,1-7H3/t16-,18-,19-/m0/s1. The molecule has 3 atom stereocenters. The van der Waals surface area contributed by atoms with Gasteiger partial charge in [0.2, 0.25) is 8.32 Å². The molecule has 1 fully saturated rings. The molecule has 1 aliphatic carbocycles. The Morgan fingerprint density at radius 1 is 1.14 bits per heavy atom. The molecule has 0 amide bonds. The van der Waals surface area contributed by atoms with Gasteiger partial charge in [0.05, 0.1) is 6.10 Å². The van der Waals surface area contributed by atoms with Crippen LogP contribution in [-0.4, -0.2) is 20.7 Å². The van der Waals surface area contributed by atoms with Crippen LogP contribution >= 0.6 is 0 Å². The van der Waals surface area contributed by atoms with Gasteiger partial charge in [-0.15, -0.1) is 0 Å². The normalized spacial score (nSPS) is 27.0. The fourth-order valence-electron chi connectivity index (χ4n) is 4.66. The third-order valence-electron chi connectivity index (χ3n) is 5.68. The highest BCUT2D eigenvalue weighted by Gasteiger charge is 2.48. The van der Waals surface area contributed by atoms with Crippen molar-refractivity contribution >= 4 is 14.6 Å². The zero-order valence-corrected chi connectivity index (χ0v) is 16.7. The summed E-state index contributed by atoms with van der Waals surface area (Å²) in [5, 5.41) is 0. The lowest BCUT2D eigenvalue weighted by atomic mass is 9.76. The molecule has 0 N–H and O–H groups in total. The van der Waals surface area contributed by atoms with E-state index in [4.69, 9.17) is 4.43 Å². The predicted octanol–water partition coefficient (Wildman–Crippen LogP) is 5.74. The van der Waals surface area contributed by atoms with Crippen LogP contribution in [0.15, 0.2) is 12.2 Å². The summed E-state index contributed by atoms with van der Waals surface area (Å²) in [6.07, 6.45) is 3.94. The minimum absolute atomic E-state index is 0.146. The van der Waals surface area contributed by atoms with Gasteiger partial charge in [-0.1, -0.05) is 55.0 Å². The van der Waals surface area contributed by atoms with Gasteiger partial charge in [0.25, 0.3) is 0 Å². The summed E-state index contributed by atoms with van der Waals surface area (Å²) in [5.41, 5.74) is 2.93. The molecule has 0 aromatic carbocycles. The minimum atomic E-state index is -1.89. The Morgan fingerprint density at radius 2 is 1.64 bits per heavy atom. The second-order valence-corrected chi connectivity index (χ2v) is 13.6. The van der Waals surface area contributed by atoms with Crippen LogP contribution < -0.4 is 0 Å². The molecule has 128 valence electrons. The van der Waals surface area contributed by atoms with Gasteiger partial charge in [-0.05, 0) is 46.9 Å². The summed E-state index contributed by atoms with van der Waals surface area (Å²) < 4.78 is 6.95.